The summed E-state index contributed by atoms with van der Waals surface area (Å²) in [4.78, 5) is 21.0. The minimum absolute atomic E-state index is 0.0413. The molecule has 0 bridgehead atoms. The van der Waals surface area contributed by atoms with Crippen molar-refractivity contribution in [1.29, 1.82) is 0 Å². The van der Waals surface area contributed by atoms with E-state index in [4.69, 9.17) is 9.84 Å². The summed E-state index contributed by atoms with van der Waals surface area (Å²) in [5, 5.41) is 15.7. The fourth-order valence-corrected chi connectivity index (χ4v) is 5.19. The van der Waals surface area contributed by atoms with Crippen molar-refractivity contribution in [3.8, 4) is 16.8 Å². The first-order valence-electron chi connectivity index (χ1n) is 13.0. The highest BCUT2D eigenvalue weighted by Gasteiger charge is 2.27. The summed E-state index contributed by atoms with van der Waals surface area (Å²) in [5.74, 6) is -1.02. The van der Waals surface area contributed by atoms with E-state index in [0.717, 1.165) is 52.4 Å². The number of hydrogen-bond donors (Lipinski definition) is 1. The second-order valence-electron chi connectivity index (χ2n) is 10.2. The minimum atomic E-state index is -1.10. The van der Waals surface area contributed by atoms with Gasteiger partial charge in [-0.25, -0.2) is 18.9 Å². The smallest absolute Gasteiger partial charge is 0.354 e. The maximum atomic E-state index is 13.5. The number of nitrogens with zero attached hydrogens (tertiary/aromatic N) is 5. The molecule has 38 heavy (non-hydrogen) atoms. The molecule has 0 atom stereocenters. The molecule has 0 saturated carbocycles. The van der Waals surface area contributed by atoms with Crippen molar-refractivity contribution in [2.45, 2.75) is 25.9 Å². The average Bonchev–Trinajstić information content (AvgIpc) is 3.32. The molecule has 0 amide bonds. The summed E-state index contributed by atoms with van der Waals surface area (Å²) in [6, 6.07) is 17.6. The van der Waals surface area contributed by atoms with E-state index in [1.165, 1.54) is 0 Å². The van der Waals surface area contributed by atoms with Crippen molar-refractivity contribution >= 4 is 28.4 Å². The number of carboxylic acid groups (broad SMARTS) is 1. The van der Waals surface area contributed by atoms with Gasteiger partial charge in [-0.15, -0.1) is 0 Å². The second kappa shape index (κ2) is 9.72. The van der Waals surface area contributed by atoms with Gasteiger partial charge < -0.3 is 19.6 Å². The van der Waals surface area contributed by atoms with Crippen LogP contribution >= 0.6 is 0 Å². The van der Waals surface area contributed by atoms with Crippen LogP contribution in [0, 0.1) is 0 Å². The lowest BCUT2D eigenvalue weighted by Crippen LogP contribution is -2.48. The van der Waals surface area contributed by atoms with E-state index < -0.39 is 12.1 Å². The molecule has 196 valence electrons. The van der Waals surface area contributed by atoms with Crippen molar-refractivity contribution in [1.82, 2.24) is 14.8 Å². The predicted octanol–water partition coefficient (Wildman–Crippen LogP) is 4.90. The molecule has 2 aromatic carbocycles. The fourth-order valence-electron chi connectivity index (χ4n) is 5.19. The Labute approximate surface area is 220 Å². The maximum Gasteiger partial charge on any atom is 0.354 e. The number of halogens is 1. The average molecular weight is 516 g/mol. The summed E-state index contributed by atoms with van der Waals surface area (Å²) < 4.78 is 20.7. The molecule has 0 radical (unpaired) electrons. The molecule has 0 unspecified atom stereocenters. The van der Waals surface area contributed by atoms with Gasteiger partial charge in [0.25, 0.3) is 0 Å². The van der Waals surface area contributed by atoms with E-state index in [0.29, 0.717) is 32.0 Å². The largest absolute Gasteiger partial charge is 0.477 e. The quantitative estimate of drug-likeness (QED) is 0.391. The number of anilines is 2. The van der Waals surface area contributed by atoms with Crippen LogP contribution in [0.25, 0.3) is 27.8 Å². The van der Waals surface area contributed by atoms with Gasteiger partial charge in [0.15, 0.2) is 11.3 Å². The van der Waals surface area contributed by atoms with Crippen molar-refractivity contribution < 1.29 is 19.0 Å². The van der Waals surface area contributed by atoms with E-state index in [9.17, 15) is 14.3 Å². The van der Waals surface area contributed by atoms with Crippen molar-refractivity contribution in [3.63, 3.8) is 0 Å². The first-order valence-corrected chi connectivity index (χ1v) is 13.0. The van der Waals surface area contributed by atoms with Gasteiger partial charge in [0.2, 0.25) is 0 Å². The number of hydrogen-bond acceptors (Lipinski definition) is 6. The highest BCUT2D eigenvalue weighted by atomic mass is 19.1. The lowest BCUT2D eigenvalue weighted by atomic mass is 9.97. The molecular weight excluding hydrogens is 485 g/mol. The van der Waals surface area contributed by atoms with Gasteiger partial charge in [-0.1, -0.05) is 32.0 Å². The second-order valence-corrected chi connectivity index (χ2v) is 10.2. The monoisotopic (exact) mass is 515 g/mol. The molecule has 9 heteroatoms. The van der Waals surface area contributed by atoms with Crippen LogP contribution in [0.4, 0.5) is 15.8 Å². The number of fused-ring (bicyclic) bond motifs is 1. The Bertz CT molecular complexity index is 1490. The number of aromatic nitrogens is 3. The number of benzene rings is 2. The van der Waals surface area contributed by atoms with Crippen LogP contribution in [-0.4, -0.2) is 71.4 Å². The zero-order chi connectivity index (χ0) is 26.4. The van der Waals surface area contributed by atoms with Crippen LogP contribution < -0.4 is 9.80 Å². The molecule has 2 saturated heterocycles. The highest BCUT2D eigenvalue weighted by molar-refractivity contribution is 6.00. The number of aromatic carboxylic acids is 1. The van der Waals surface area contributed by atoms with Crippen LogP contribution in [0.1, 0.15) is 35.9 Å². The summed E-state index contributed by atoms with van der Waals surface area (Å²) in [6.45, 7) is 7.97. The number of rotatable bonds is 6. The summed E-state index contributed by atoms with van der Waals surface area (Å²) in [5.41, 5.74) is 5.75. The van der Waals surface area contributed by atoms with Gasteiger partial charge >= 0.3 is 5.97 Å². The van der Waals surface area contributed by atoms with Crippen molar-refractivity contribution in [2.24, 2.45) is 0 Å². The molecule has 8 nitrogen and oxygen atoms in total. The van der Waals surface area contributed by atoms with Crippen molar-refractivity contribution in [3.05, 3.63) is 66.0 Å². The Morgan fingerprint density at radius 1 is 1.00 bits per heavy atom. The van der Waals surface area contributed by atoms with Crippen LogP contribution in [0.5, 0.6) is 0 Å². The predicted molar refractivity (Wildman–Crippen MR) is 145 cm³/mol. The molecular formula is C29H30FN5O3. The molecule has 0 spiro atoms. The van der Waals surface area contributed by atoms with Gasteiger partial charge in [-0.2, -0.15) is 5.10 Å². The third kappa shape index (κ3) is 4.36. The zero-order valence-electron chi connectivity index (χ0n) is 21.5. The Morgan fingerprint density at radius 3 is 2.37 bits per heavy atom. The minimum Gasteiger partial charge on any atom is -0.477 e. The summed E-state index contributed by atoms with van der Waals surface area (Å²) >= 11 is 0. The fraction of sp³-hybridized carbons (Fsp3) is 0.345. The summed E-state index contributed by atoms with van der Waals surface area (Å²) in [6.07, 6.45) is -0.811. The number of morpholine rings is 1. The van der Waals surface area contributed by atoms with E-state index in [1.807, 2.05) is 41.3 Å². The molecule has 4 heterocycles. The number of carboxylic acids is 1. The van der Waals surface area contributed by atoms with Gasteiger partial charge in [0, 0.05) is 24.5 Å². The van der Waals surface area contributed by atoms with Crippen molar-refractivity contribution in [2.75, 3.05) is 49.2 Å². The van der Waals surface area contributed by atoms with E-state index in [2.05, 4.69) is 35.9 Å². The maximum absolute atomic E-state index is 13.5. The topological polar surface area (TPSA) is 83.7 Å². The Kier molecular flexibility index (Phi) is 6.23. The molecule has 2 fully saturated rings. The molecule has 1 N–H and O–H groups in total. The highest BCUT2D eigenvalue weighted by Crippen LogP contribution is 2.37. The Balaban J connectivity index is 1.50. The SMILES string of the molecule is CC(C)c1nn(-c2cccc(N3CC(F)C3)c2)c2nc(C(=O)O)cc(-c3ccc(N4CCOCC4)cc3)c12. The Morgan fingerprint density at radius 2 is 1.71 bits per heavy atom. The van der Waals surface area contributed by atoms with Crippen LogP contribution in [0.15, 0.2) is 54.6 Å². The zero-order valence-corrected chi connectivity index (χ0v) is 21.5. The molecule has 2 aromatic heterocycles. The molecule has 6 rings (SSSR count). The van der Waals surface area contributed by atoms with Crippen LogP contribution in [-0.2, 0) is 4.74 Å². The number of alkyl halides is 1. The number of pyridine rings is 1. The molecule has 4 aromatic rings. The normalized spacial score (nSPS) is 16.3. The third-order valence-corrected chi connectivity index (χ3v) is 7.26. The lowest BCUT2D eigenvalue weighted by Gasteiger charge is -2.36. The third-order valence-electron chi connectivity index (χ3n) is 7.26. The standard InChI is InChI=1S/C29H30FN5O3/c1-18(2)27-26-24(19-6-8-21(9-7-19)33-10-12-38-13-11-33)15-25(29(36)37)31-28(26)35(32-27)23-5-3-4-22(14-23)34-16-20(30)17-34/h3-9,14-15,18,20H,10-13,16-17H2,1-2H3,(H,36,37). The van der Waals surface area contributed by atoms with E-state index >= 15 is 0 Å². The van der Waals surface area contributed by atoms with Gasteiger partial charge in [-0.3, -0.25) is 0 Å². The first kappa shape index (κ1) is 24.4. The number of ether oxygens (including phenoxy) is 1. The molecule has 2 aliphatic heterocycles. The van der Waals surface area contributed by atoms with E-state index in [1.54, 1.807) is 10.7 Å². The molecule has 2 aliphatic rings. The van der Waals surface area contributed by atoms with E-state index in [-0.39, 0.29) is 11.6 Å². The van der Waals surface area contributed by atoms with Crippen LogP contribution in [0.2, 0.25) is 0 Å². The summed E-state index contributed by atoms with van der Waals surface area (Å²) in [7, 11) is 0. The molecule has 0 aliphatic carbocycles. The Hall–Kier alpha value is -3.98. The number of carbonyl (C=O) groups is 1. The van der Waals surface area contributed by atoms with Crippen LogP contribution in [0.3, 0.4) is 0 Å². The van der Waals surface area contributed by atoms with Gasteiger partial charge in [0.05, 0.1) is 43.1 Å². The van der Waals surface area contributed by atoms with Gasteiger partial charge in [0.1, 0.15) is 6.17 Å². The lowest BCUT2D eigenvalue weighted by molar-refractivity contribution is 0.0691. The van der Waals surface area contributed by atoms with Gasteiger partial charge in [-0.05, 0) is 53.4 Å². The first-order chi connectivity index (χ1) is 18.4.